The molecule has 0 bridgehead atoms. The first-order chi connectivity index (χ1) is 15.9. The average molecular weight is 464 g/mol. The number of halogens is 1. The predicted octanol–water partition coefficient (Wildman–Crippen LogP) is 5.18. The monoisotopic (exact) mass is 463 g/mol. The van der Waals surface area contributed by atoms with Crippen molar-refractivity contribution in [1.82, 2.24) is 4.98 Å². The van der Waals surface area contributed by atoms with E-state index in [1.54, 1.807) is 42.5 Å². The van der Waals surface area contributed by atoms with Crippen molar-refractivity contribution >= 4 is 42.8 Å². The zero-order valence-corrected chi connectivity index (χ0v) is 19.8. The zero-order chi connectivity index (χ0) is 23.8. The van der Waals surface area contributed by atoms with Gasteiger partial charge in [-0.15, -0.1) is 0 Å². The van der Waals surface area contributed by atoms with Gasteiger partial charge >= 0.3 is 0 Å². The summed E-state index contributed by atoms with van der Waals surface area (Å²) in [5, 5.41) is 6.05. The summed E-state index contributed by atoms with van der Waals surface area (Å²) < 4.78 is 5.93. The molecule has 170 valence electrons. The molecule has 0 atom stereocenters. The van der Waals surface area contributed by atoms with Crippen molar-refractivity contribution < 1.29 is 14.3 Å². The number of amides is 2. The Hall–Kier alpha value is -3.32. The molecule has 0 aliphatic rings. The molecular formula is C25H27BClN3O3. The SMILES string of the molecule is BCCCOc1cc(C(C)C)ccc1C(=O)Nc1ccccc1C(=O)Nc1ccc(Cl)cn1. The van der Waals surface area contributed by atoms with E-state index in [0.717, 1.165) is 18.3 Å². The number of aromatic nitrogens is 1. The molecular weight excluding hydrogens is 437 g/mol. The molecule has 2 amide bonds. The van der Waals surface area contributed by atoms with E-state index in [-0.39, 0.29) is 5.91 Å². The first kappa shape index (κ1) is 24.3. The number of pyridine rings is 1. The molecule has 0 radical (unpaired) electrons. The number of benzene rings is 2. The Morgan fingerprint density at radius 1 is 1.03 bits per heavy atom. The van der Waals surface area contributed by atoms with Crippen molar-refractivity contribution in [3.05, 3.63) is 82.5 Å². The molecule has 8 heteroatoms. The van der Waals surface area contributed by atoms with Crippen LogP contribution in [0.2, 0.25) is 11.3 Å². The quantitative estimate of drug-likeness (QED) is 0.338. The fourth-order valence-electron chi connectivity index (χ4n) is 3.14. The molecule has 0 aliphatic carbocycles. The van der Waals surface area contributed by atoms with Crippen LogP contribution in [0.15, 0.2) is 60.8 Å². The smallest absolute Gasteiger partial charge is 0.259 e. The maximum Gasteiger partial charge on any atom is 0.259 e. The number of ether oxygens (including phenoxy) is 1. The van der Waals surface area contributed by atoms with Crippen LogP contribution < -0.4 is 15.4 Å². The minimum absolute atomic E-state index is 0.307. The number of rotatable bonds is 9. The summed E-state index contributed by atoms with van der Waals surface area (Å²) in [5.41, 5.74) is 2.22. The molecule has 2 aromatic carbocycles. The topological polar surface area (TPSA) is 80.3 Å². The van der Waals surface area contributed by atoms with Gasteiger partial charge in [0.1, 0.15) is 19.4 Å². The molecule has 1 aromatic heterocycles. The molecule has 0 saturated heterocycles. The minimum Gasteiger partial charge on any atom is -0.493 e. The van der Waals surface area contributed by atoms with Crippen molar-refractivity contribution in [3.63, 3.8) is 0 Å². The van der Waals surface area contributed by atoms with E-state index in [9.17, 15) is 9.59 Å². The van der Waals surface area contributed by atoms with Crippen LogP contribution in [-0.4, -0.2) is 31.3 Å². The van der Waals surface area contributed by atoms with E-state index in [1.807, 2.05) is 12.1 Å². The van der Waals surface area contributed by atoms with Gasteiger partial charge in [0, 0.05) is 6.20 Å². The van der Waals surface area contributed by atoms with E-state index in [1.165, 1.54) is 6.20 Å². The van der Waals surface area contributed by atoms with Gasteiger partial charge in [-0.1, -0.05) is 50.0 Å². The Labute approximate surface area is 200 Å². The second kappa shape index (κ2) is 11.5. The fourth-order valence-corrected chi connectivity index (χ4v) is 3.26. The lowest BCUT2D eigenvalue weighted by molar-refractivity contribution is 0.102. The maximum absolute atomic E-state index is 13.2. The first-order valence-corrected chi connectivity index (χ1v) is 11.4. The number of nitrogens with zero attached hydrogens (tertiary/aromatic N) is 1. The number of nitrogens with one attached hydrogen (secondary N) is 2. The standard InChI is InChI=1S/C25H27BClN3O3/c1-16(2)17-8-10-20(22(14-17)33-13-5-12-26)25(32)29-21-7-4-3-6-19(21)24(31)30-23-11-9-18(27)15-28-23/h3-4,6-11,14-16H,5,12-13,26H2,1-2H3,(H,29,32)(H,28,30,31). The summed E-state index contributed by atoms with van der Waals surface area (Å²) in [6, 6.07) is 15.7. The maximum atomic E-state index is 13.2. The Bertz CT molecular complexity index is 1120. The van der Waals surface area contributed by atoms with Crippen molar-refractivity contribution in [2.24, 2.45) is 0 Å². The fraction of sp³-hybridized carbons (Fsp3) is 0.240. The van der Waals surface area contributed by atoms with Gasteiger partial charge in [0.25, 0.3) is 11.8 Å². The third kappa shape index (κ3) is 6.59. The normalized spacial score (nSPS) is 10.7. The van der Waals surface area contributed by atoms with Gasteiger partial charge in [-0.25, -0.2) is 4.98 Å². The number of anilines is 2. The summed E-state index contributed by atoms with van der Waals surface area (Å²) in [6.45, 7) is 4.72. The molecule has 0 spiro atoms. The molecule has 3 rings (SSSR count). The highest BCUT2D eigenvalue weighted by Crippen LogP contribution is 2.27. The van der Waals surface area contributed by atoms with E-state index in [2.05, 4.69) is 37.3 Å². The third-order valence-electron chi connectivity index (χ3n) is 5.06. The van der Waals surface area contributed by atoms with Crippen LogP contribution in [0.1, 0.15) is 52.5 Å². The van der Waals surface area contributed by atoms with Crippen LogP contribution in [-0.2, 0) is 0 Å². The lowest BCUT2D eigenvalue weighted by atomic mass is 10.00. The number of hydrogen-bond donors (Lipinski definition) is 2. The van der Waals surface area contributed by atoms with Crippen LogP contribution in [0.25, 0.3) is 0 Å². The highest BCUT2D eigenvalue weighted by atomic mass is 35.5. The van der Waals surface area contributed by atoms with E-state index >= 15 is 0 Å². The number of carbonyl (C=O) groups excluding carboxylic acids is 2. The second-order valence-electron chi connectivity index (χ2n) is 7.93. The van der Waals surface area contributed by atoms with Gasteiger partial charge in [0.15, 0.2) is 0 Å². The van der Waals surface area contributed by atoms with Crippen LogP contribution in [0.3, 0.4) is 0 Å². The van der Waals surface area contributed by atoms with Crippen molar-refractivity contribution in [2.75, 3.05) is 17.2 Å². The van der Waals surface area contributed by atoms with Crippen LogP contribution in [0.5, 0.6) is 5.75 Å². The van der Waals surface area contributed by atoms with Crippen LogP contribution in [0.4, 0.5) is 11.5 Å². The van der Waals surface area contributed by atoms with Crippen molar-refractivity contribution in [1.29, 1.82) is 0 Å². The van der Waals surface area contributed by atoms with Crippen molar-refractivity contribution in [2.45, 2.75) is 32.5 Å². The number of carbonyl (C=O) groups is 2. The largest absolute Gasteiger partial charge is 0.493 e. The summed E-state index contributed by atoms with van der Waals surface area (Å²) in [5.74, 6) is 0.472. The molecule has 2 N–H and O–H groups in total. The Balaban J connectivity index is 1.83. The highest BCUT2D eigenvalue weighted by Gasteiger charge is 2.18. The summed E-state index contributed by atoms with van der Waals surface area (Å²) >= 11 is 5.85. The Kier molecular flexibility index (Phi) is 8.49. The minimum atomic E-state index is -0.393. The molecule has 1 heterocycles. The zero-order valence-electron chi connectivity index (χ0n) is 19.0. The summed E-state index contributed by atoms with van der Waals surface area (Å²) in [7, 11) is 2.09. The van der Waals surface area contributed by atoms with Crippen molar-refractivity contribution in [3.8, 4) is 5.75 Å². The number of para-hydroxylation sites is 1. The molecule has 3 aromatic rings. The molecule has 0 aliphatic heterocycles. The van der Waals surface area contributed by atoms with E-state index in [0.29, 0.717) is 45.9 Å². The van der Waals surface area contributed by atoms with Gasteiger partial charge in [0.05, 0.1) is 28.4 Å². The summed E-state index contributed by atoms with van der Waals surface area (Å²) in [4.78, 5) is 30.1. The van der Waals surface area contributed by atoms with E-state index < -0.39 is 5.91 Å². The number of hydrogen-bond acceptors (Lipinski definition) is 4. The van der Waals surface area contributed by atoms with Gasteiger partial charge in [-0.05, 0) is 54.3 Å². The third-order valence-corrected chi connectivity index (χ3v) is 5.28. The molecule has 0 saturated carbocycles. The predicted molar refractivity (Wildman–Crippen MR) is 136 cm³/mol. The van der Waals surface area contributed by atoms with Gasteiger partial charge < -0.3 is 15.4 Å². The molecule has 0 unspecified atom stereocenters. The average Bonchev–Trinajstić information content (AvgIpc) is 2.81. The molecule has 33 heavy (non-hydrogen) atoms. The van der Waals surface area contributed by atoms with Crippen LogP contribution >= 0.6 is 11.6 Å². The summed E-state index contributed by atoms with van der Waals surface area (Å²) in [6.07, 6.45) is 3.34. The second-order valence-corrected chi connectivity index (χ2v) is 8.36. The molecule has 0 fully saturated rings. The van der Waals surface area contributed by atoms with Gasteiger partial charge in [0.2, 0.25) is 0 Å². The lowest BCUT2D eigenvalue weighted by Crippen LogP contribution is -2.19. The Morgan fingerprint density at radius 3 is 2.48 bits per heavy atom. The highest BCUT2D eigenvalue weighted by molar-refractivity contribution is 6.30. The Morgan fingerprint density at radius 2 is 1.79 bits per heavy atom. The first-order valence-electron chi connectivity index (χ1n) is 11.0. The molecule has 6 nitrogen and oxygen atoms in total. The van der Waals surface area contributed by atoms with E-state index in [4.69, 9.17) is 16.3 Å². The van der Waals surface area contributed by atoms with Gasteiger partial charge in [-0.2, -0.15) is 0 Å². The lowest BCUT2D eigenvalue weighted by Gasteiger charge is -2.16. The van der Waals surface area contributed by atoms with Gasteiger partial charge in [-0.3, -0.25) is 9.59 Å². The van der Waals surface area contributed by atoms with Crippen LogP contribution in [0, 0.1) is 0 Å².